The molecule has 2 heterocycles. The number of methoxy groups -OCH3 is 1. The van der Waals surface area contributed by atoms with Crippen LogP contribution in [0.15, 0.2) is 18.3 Å². The second-order valence-corrected chi connectivity index (χ2v) is 4.97. The van der Waals surface area contributed by atoms with E-state index in [0.717, 1.165) is 25.2 Å². The van der Waals surface area contributed by atoms with Gasteiger partial charge in [0.1, 0.15) is 11.5 Å². The predicted octanol–water partition coefficient (Wildman–Crippen LogP) is 0.924. The van der Waals surface area contributed by atoms with Crippen LogP contribution in [-0.4, -0.2) is 35.1 Å². The molecule has 0 aromatic carbocycles. The smallest absolute Gasteiger partial charge is 0.330 e. The monoisotopic (exact) mass is 277 g/mol. The van der Waals surface area contributed by atoms with Gasteiger partial charge in [-0.05, 0) is 12.3 Å². The Morgan fingerprint density at radius 2 is 2.40 bits per heavy atom. The van der Waals surface area contributed by atoms with Crippen molar-refractivity contribution >= 4 is 11.9 Å². The Labute approximate surface area is 117 Å². The highest BCUT2D eigenvalue weighted by Crippen LogP contribution is 2.19. The highest BCUT2D eigenvalue weighted by atomic mass is 16.5. The maximum Gasteiger partial charge on any atom is 0.330 e. The van der Waals surface area contributed by atoms with Gasteiger partial charge in [-0.15, -0.1) is 0 Å². The zero-order valence-electron chi connectivity index (χ0n) is 11.8. The summed E-state index contributed by atoms with van der Waals surface area (Å²) in [4.78, 5) is 27.1. The molecule has 1 aromatic rings. The zero-order valence-corrected chi connectivity index (χ0v) is 11.8. The molecule has 1 aliphatic rings. The van der Waals surface area contributed by atoms with Crippen molar-refractivity contribution in [2.45, 2.75) is 26.3 Å². The van der Waals surface area contributed by atoms with Crippen molar-refractivity contribution in [3.8, 4) is 0 Å². The molecule has 1 aromatic heterocycles. The van der Waals surface area contributed by atoms with Crippen LogP contribution in [0.2, 0.25) is 0 Å². The van der Waals surface area contributed by atoms with Gasteiger partial charge >= 0.3 is 5.97 Å². The van der Waals surface area contributed by atoms with Crippen molar-refractivity contribution in [3.63, 3.8) is 0 Å². The summed E-state index contributed by atoms with van der Waals surface area (Å²) in [7, 11) is 1.31. The van der Waals surface area contributed by atoms with E-state index in [9.17, 15) is 9.59 Å². The number of carbonyl (C=O) groups excluding carboxylic acids is 2. The third-order valence-electron chi connectivity index (χ3n) is 3.30. The first-order chi connectivity index (χ1) is 9.60. The van der Waals surface area contributed by atoms with Crippen molar-refractivity contribution < 1.29 is 14.3 Å². The summed E-state index contributed by atoms with van der Waals surface area (Å²) in [5.41, 5.74) is 0.431. The Kier molecular flexibility index (Phi) is 4.55. The molecular weight excluding hydrogens is 258 g/mol. The molecule has 6 heteroatoms. The number of rotatable bonds is 4. The average molecular weight is 277 g/mol. The van der Waals surface area contributed by atoms with Crippen LogP contribution in [0.5, 0.6) is 0 Å². The maximum absolute atomic E-state index is 11.9. The lowest BCUT2D eigenvalue weighted by Gasteiger charge is -2.19. The molecule has 108 valence electrons. The molecule has 0 radical (unpaired) electrons. The number of carbonyl (C=O) groups is 2. The topological polar surface area (TPSA) is 73.2 Å². The Bertz CT molecular complexity index is 534. The molecule has 2 rings (SSSR count). The number of aromatic nitrogens is 2. The summed E-state index contributed by atoms with van der Waals surface area (Å²) in [6.07, 6.45) is 6.64. The number of hydrogen-bond acceptors (Lipinski definition) is 4. The standard InChI is InChI=1S/C14H19N3O3/c1-10-5-6-12-16-11(9-17(12)8-10)14(19)15-7-3-4-13(18)20-2/h3-4,9-10H,5-8H2,1-2H3,(H,15,19)/b4-3+. The lowest BCUT2D eigenvalue weighted by Crippen LogP contribution is -2.23. The van der Waals surface area contributed by atoms with Crippen LogP contribution in [0.4, 0.5) is 0 Å². The molecule has 1 N–H and O–H groups in total. The number of nitrogens with zero attached hydrogens (tertiary/aromatic N) is 2. The van der Waals surface area contributed by atoms with E-state index in [0.29, 0.717) is 11.6 Å². The number of esters is 1. The predicted molar refractivity (Wildman–Crippen MR) is 73.2 cm³/mol. The van der Waals surface area contributed by atoms with Gasteiger partial charge in [0.2, 0.25) is 0 Å². The van der Waals surface area contributed by atoms with Gasteiger partial charge in [0.25, 0.3) is 5.91 Å². The van der Waals surface area contributed by atoms with Crippen LogP contribution >= 0.6 is 0 Å². The molecule has 0 saturated heterocycles. The van der Waals surface area contributed by atoms with Crippen LogP contribution in [0.25, 0.3) is 0 Å². The Balaban J connectivity index is 1.90. The number of ether oxygens (including phenoxy) is 1. The summed E-state index contributed by atoms with van der Waals surface area (Å²) in [6.45, 7) is 3.38. The van der Waals surface area contributed by atoms with Crippen LogP contribution in [0, 0.1) is 5.92 Å². The van der Waals surface area contributed by atoms with E-state index < -0.39 is 5.97 Å². The lowest BCUT2D eigenvalue weighted by atomic mass is 10.0. The average Bonchev–Trinajstić information content (AvgIpc) is 2.86. The Morgan fingerprint density at radius 1 is 1.60 bits per heavy atom. The van der Waals surface area contributed by atoms with Crippen LogP contribution in [0.3, 0.4) is 0 Å². The fraction of sp³-hybridized carbons (Fsp3) is 0.500. The van der Waals surface area contributed by atoms with Crippen molar-refractivity contribution in [2.75, 3.05) is 13.7 Å². The van der Waals surface area contributed by atoms with Gasteiger partial charge in [0, 0.05) is 31.8 Å². The minimum atomic E-state index is -0.439. The zero-order chi connectivity index (χ0) is 14.5. The first-order valence-corrected chi connectivity index (χ1v) is 6.69. The molecule has 1 atom stereocenters. The number of aryl methyl sites for hydroxylation is 1. The van der Waals surface area contributed by atoms with E-state index in [1.54, 1.807) is 12.3 Å². The third kappa shape index (κ3) is 3.46. The molecule has 20 heavy (non-hydrogen) atoms. The second-order valence-electron chi connectivity index (χ2n) is 4.97. The van der Waals surface area contributed by atoms with Gasteiger partial charge in [-0.3, -0.25) is 4.79 Å². The van der Waals surface area contributed by atoms with Gasteiger partial charge < -0.3 is 14.6 Å². The summed E-state index contributed by atoms with van der Waals surface area (Å²) in [5, 5.41) is 2.69. The van der Waals surface area contributed by atoms with Crippen molar-refractivity contribution in [1.82, 2.24) is 14.9 Å². The summed E-state index contributed by atoms with van der Waals surface area (Å²) in [5.74, 6) is 0.925. The molecule has 0 spiro atoms. The summed E-state index contributed by atoms with van der Waals surface area (Å²) < 4.78 is 6.50. The lowest BCUT2D eigenvalue weighted by molar-refractivity contribution is -0.134. The van der Waals surface area contributed by atoms with E-state index >= 15 is 0 Å². The largest absolute Gasteiger partial charge is 0.466 e. The van der Waals surface area contributed by atoms with Crippen molar-refractivity contribution in [3.05, 3.63) is 29.9 Å². The van der Waals surface area contributed by atoms with E-state index in [-0.39, 0.29) is 12.5 Å². The highest BCUT2D eigenvalue weighted by Gasteiger charge is 2.19. The van der Waals surface area contributed by atoms with Crippen molar-refractivity contribution in [2.24, 2.45) is 5.92 Å². The molecule has 0 saturated carbocycles. The number of nitrogens with one attached hydrogen (secondary N) is 1. The van der Waals surface area contributed by atoms with Crippen LogP contribution in [-0.2, 0) is 22.5 Å². The van der Waals surface area contributed by atoms with Gasteiger partial charge in [0.05, 0.1) is 7.11 Å². The SMILES string of the molecule is COC(=O)/C=C/CNC(=O)c1cn2c(n1)CCC(C)C2. The first-order valence-electron chi connectivity index (χ1n) is 6.69. The number of amides is 1. The molecule has 0 fully saturated rings. The molecule has 1 amide bonds. The van der Waals surface area contributed by atoms with E-state index in [1.807, 2.05) is 4.57 Å². The highest BCUT2D eigenvalue weighted by molar-refractivity contribution is 5.92. The van der Waals surface area contributed by atoms with Crippen molar-refractivity contribution in [1.29, 1.82) is 0 Å². The van der Waals surface area contributed by atoms with E-state index in [2.05, 4.69) is 22.0 Å². The molecular formula is C14H19N3O3. The van der Waals surface area contributed by atoms with Gasteiger partial charge in [-0.1, -0.05) is 13.0 Å². The first kappa shape index (κ1) is 14.3. The van der Waals surface area contributed by atoms with E-state index in [4.69, 9.17) is 0 Å². The summed E-state index contributed by atoms with van der Waals surface area (Å²) in [6, 6.07) is 0. The minimum Gasteiger partial charge on any atom is -0.466 e. The van der Waals surface area contributed by atoms with Crippen LogP contribution in [0.1, 0.15) is 29.7 Å². The fourth-order valence-corrected chi connectivity index (χ4v) is 2.19. The Hall–Kier alpha value is -2.11. The second kappa shape index (κ2) is 6.36. The van der Waals surface area contributed by atoms with Gasteiger partial charge in [-0.2, -0.15) is 0 Å². The van der Waals surface area contributed by atoms with Gasteiger partial charge in [0.15, 0.2) is 0 Å². The maximum atomic E-state index is 11.9. The number of imidazole rings is 1. The number of fused-ring (bicyclic) bond motifs is 1. The normalized spacial score (nSPS) is 17.8. The molecule has 1 aliphatic heterocycles. The molecule has 6 nitrogen and oxygen atoms in total. The number of hydrogen-bond donors (Lipinski definition) is 1. The Morgan fingerprint density at radius 3 is 3.15 bits per heavy atom. The third-order valence-corrected chi connectivity index (χ3v) is 3.30. The van der Waals surface area contributed by atoms with Gasteiger partial charge in [-0.25, -0.2) is 9.78 Å². The molecule has 0 bridgehead atoms. The molecule has 0 aliphatic carbocycles. The quantitative estimate of drug-likeness (QED) is 0.656. The summed E-state index contributed by atoms with van der Waals surface area (Å²) >= 11 is 0. The molecule has 1 unspecified atom stereocenters. The van der Waals surface area contributed by atoms with Crippen LogP contribution < -0.4 is 5.32 Å². The van der Waals surface area contributed by atoms with E-state index in [1.165, 1.54) is 13.2 Å². The minimum absolute atomic E-state index is 0.228. The fourth-order valence-electron chi connectivity index (χ4n) is 2.19.